The molecule has 0 aliphatic carbocycles. The minimum Gasteiger partial charge on any atom is -0.485 e. The lowest BCUT2D eigenvalue weighted by molar-refractivity contribution is 0.0690. The van der Waals surface area contributed by atoms with Crippen LogP contribution >= 0.6 is 0 Å². The zero-order chi connectivity index (χ0) is 16.8. The molecule has 0 amide bonds. The van der Waals surface area contributed by atoms with Gasteiger partial charge in [-0.3, -0.25) is 0 Å². The first-order chi connectivity index (χ1) is 11.7. The molecule has 0 aliphatic heterocycles. The Bertz CT molecular complexity index is 816. The summed E-state index contributed by atoms with van der Waals surface area (Å²) >= 11 is 0. The predicted molar refractivity (Wildman–Crippen MR) is 88.5 cm³/mol. The second-order valence-electron chi connectivity index (χ2n) is 5.01. The lowest BCUT2D eigenvalue weighted by Crippen LogP contribution is -2.00. The summed E-state index contributed by atoms with van der Waals surface area (Å²) in [7, 11) is 0. The molecular formula is C19H15NO4. The van der Waals surface area contributed by atoms with Gasteiger partial charge in [0.2, 0.25) is 0 Å². The van der Waals surface area contributed by atoms with Gasteiger partial charge in [-0.1, -0.05) is 42.5 Å². The summed E-state index contributed by atoms with van der Waals surface area (Å²) in [6.07, 6.45) is 1.37. The third-order valence-electron chi connectivity index (χ3n) is 3.27. The molecular weight excluding hydrogens is 306 g/mol. The highest BCUT2D eigenvalue weighted by Gasteiger charge is 2.08. The maximum Gasteiger partial charge on any atom is 0.354 e. The summed E-state index contributed by atoms with van der Waals surface area (Å²) < 4.78 is 11.6. The van der Waals surface area contributed by atoms with Gasteiger partial charge < -0.3 is 14.6 Å². The van der Waals surface area contributed by atoms with E-state index in [-0.39, 0.29) is 5.69 Å². The summed E-state index contributed by atoms with van der Waals surface area (Å²) in [4.78, 5) is 14.7. The smallest absolute Gasteiger partial charge is 0.354 e. The van der Waals surface area contributed by atoms with E-state index in [0.29, 0.717) is 23.9 Å². The van der Waals surface area contributed by atoms with Crippen molar-refractivity contribution in [1.29, 1.82) is 0 Å². The zero-order valence-electron chi connectivity index (χ0n) is 12.8. The second kappa shape index (κ2) is 7.28. The van der Waals surface area contributed by atoms with E-state index >= 15 is 0 Å². The number of carboxylic acid groups (broad SMARTS) is 1. The molecule has 1 N–H and O–H groups in total. The number of hydrogen-bond acceptors (Lipinski definition) is 4. The van der Waals surface area contributed by atoms with E-state index in [1.165, 1.54) is 12.3 Å². The standard InChI is InChI=1S/C19H15NO4/c21-19(22)16-11-10-15(12-20-16)24-18-9-5-4-8-17(18)23-13-14-6-2-1-3-7-14/h1-12H,13H2,(H,21,22). The Morgan fingerprint density at radius 1 is 0.917 bits per heavy atom. The van der Waals surface area contributed by atoms with Crippen molar-refractivity contribution in [3.05, 3.63) is 84.2 Å². The summed E-state index contributed by atoms with van der Waals surface area (Å²) in [6.45, 7) is 0.428. The molecule has 0 atom stereocenters. The van der Waals surface area contributed by atoms with E-state index in [4.69, 9.17) is 14.6 Å². The highest BCUT2D eigenvalue weighted by atomic mass is 16.5. The molecule has 0 bridgehead atoms. The fraction of sp³-hybridized carbons (Fsp3) is 0.0526. The highest BCUT2D eigenvalue weighted by Crippen LogP contribution is 2.31. The molecule has 0 aliphatic rings. The van der Waals surface area contributed by atoms with Crippen molar-refractivity contribution in [3.8, 4) is 17.2 Å². The Kier molecular flexibility index (Phi) is 4.72. The Morgan fingerprint density at radius 3 is 2.29 bits per heavy atom. The van der Waals surface area contributed by atoms with Gasteiger partial charge in [0.25, 0.3) is 0 Å². The molecule has 5 nitrogen and oxygen atoms in total. The fourth-order valence-electron chi connectivity index (χ4n) is 2.08. The van der Waals surface area contributed by atoms with Crippen LogP contribution in [0.5, 0.6) is 17.2 Å². The number of para-hydroxylation sites is 2. The van der Waals surface area contributed by atoms with Gasteiger partial charge >= 0.3 is 5.97 Å². The average Bonchev–Trinajstić information content (AvgIpc) is 2.62. The van der Waals surface area contributed by atoms with Gasteiger partial charge in [0.15, 0.2) is 11.5 Å². The molecule has 0 unspecified atom stereocenters. The molecule has 5 heteroatoms. The third kappa shape index (κ3) is 3.89. The first-order valence-electron chi connectivity index (χ1n) is 7.35. The molecule has 0 saturated heterocycles. The summed E-state index contributed by atoms with van der Waals surface area (Å²) in [6, 6.07) is 20.1. The quantitative estimate of drug-likeness (QED) is 0.738. The Labute approximate surface area is 139 Å². The lowest BCUT2D eigenvalue weighted by atomic mass is 10.2. The van der Waals surface area contributed by atoms with Crippen molar-refractivity contribution < 1.29 is 19.4 Å². The largest absolute Gasteiger partial charge is 0.485 e. The Balaban J connectivity index is 1.73. The first kappa shape index (κ1) is 15.6. The van der Waals surface area contributed by atoms with Crippen molar-refractivity contribution in [2.45, 2.75) is 6.61 Å². The minimum absolute atomic E-state index is 0.0315. The minimum atomic E-state index is -1.08. The number of rotatable bonds is 6. The van der Waals surface area contributed by atoms with Gasteiger partial charge in [0.1, 0.15) is 18.1 Å². The maximum absolute atomic E-state index is 10.8. The number of pyridine rings is 1. The van der Waals surface area contributed by atoms with E-state index in [0.717, 1.165) is 5.56 Å². The van der Waals surface area contributed by atoms with Crippen LogP contribution in [0.1, 0.15) is 16.1 Å². The molecule has 3 rings (SSSR count). The van der Waals surface area contributed by atoms with E-state index in [1.807, 2.05) is 48.5 Å². The molecule has 0 radical (unpaired) electrons. The van der Waals surface area contributed by atoms with Crippen LogP contribution in [0.3, 0.4) is 0 Å². The fourth-order valence-corrected chi connectivity index (χ4v) is 2.08. The van der Waals surface area contributed by atoms with Gasteiger partial charge in [-0.15, -0.1) is 0 Å². The second-order valence-corrected chi connectivity index (χ2v) is 5.01. The predicted octanol–water partition coefficient (Wildman–Crippen LogP) is 4.15. The number of carbonyl (C=O) groups is 1. The molecule has 0 spiro atoms. The Hall–Kier alpha value is -3.34. The van der Waals surface area contributed by atoms with E-state index in [2.05, 4.69) is 4.98 Å². The van der Waals surface area contributed by atoms with Gasteiger partial charge in [0.05, 0.1) is 6.20 Å². The molecule has 1 aromatic heterocycles. The van der Waals surface area contributed by atoms with E-state index in [9.17, 15) is 4.79 Å². The van der Waals surface area contributed by atoms with Gasteiger partial charge in [-0.2, -0.15) is 0 Å². The summed E-state index contributed by atoms with van der Waals surface area (Å²) in [5.74, 6) is 0.505. The topological polar surface area (TPSA) is 68.7 Å². The van der Waals surface area contributed by atoms with Crippen molar-refractivity contribution in [1.82, 2.24) is 4.98 Å². The van der Waals surface area contributed by atoms with Gasteiger partial charge in [-0.05, 0) is 29.8 Å². The number of carboxylic acids is 1. The van der Waals surface area contributed by atoms with Gasteiger partial charge in [0, 0.05) is 0 Å². The molecule has 3 aromatic rings. The number of nitrogens with zero attached hydrogens (tertiary/aromatic N) is 1. The van der Waals surface area contributed by atoms with Crippen molar-refractivity contribution in [2.24, 2.45) is 0 Å². The SMILES string of the molecule is O=C(O)c1ccc(Oc2ccccc2OCc2ccccc2)cn1. The lowest BCUT2D eigenvalue weighted by Gasteiger charge is -2.12. The number of ether oxygens (including phenoxy) is 2. The van der Waals surface area contributed by atoms with Crippen LogP contribution in [-0.4, -0.2) is 16.1 Å². The van der Waals surface area contributed by atoms with E-state index < -0.39 is 5.97 Å². The molecule has 0 fully saturated rings. The normalized spacial score (nSPS) is 10.2. The van der Waals surface area contributed by atoms with Gasteiger partial charge in [-0.25, -0.2) is 9.78 Å². The maximum atomic E-state index is 10.8. The molecule has 0 saturated carbocycles. The highest BCUT2D eigenvalue weighted by molar-refractivity contribution is 5.85. The third-order valence-corrected chi connectivity index (χ3v) is 3.27. The molecule has 120 valence electrons. The number of aromatic nitrogens is 1. The van der Waals surface area contributed by atoms with E-state index in [1.54, 1.807) is 12.1 Å². The van der Waals surface area contributed by atoms with Crippen LogP contribution in [0.15, 0.2) is 72.9 Å². The van der Waals surface area contributed by atoms with Crippen LogP contribution in [0, 0.1) is 0 Å². The number of hydrogen-bond donors (Lipinski definition) is 1. The molecule has 24 heavy (non-hydrogen) atoms. The summed E-state index contributed by atoms with van der Waals surface area (Å²) in [5, 5.41) is 8.86. The number of benzene rings is 2. The zero-order valence-corrected chi connectivity index (χ0v) is 12.8. The van der Waals surface area contributed by atoms with Crippen LogP contribution in [0.25, 0.3) is 0 Å². The first-order valence-corrected chi connectivity index (χ1v) is 7.35. The van der Waals surface area contributed by atoms with Crippen LogP contribution in [-0.2, 0) is 6.61 Å². The summed E-state index contributed by atoms with van der Waals surface area (Å²) in [5.41, 5.74) is 1.02. The van der Waals surface area contributed by atoms with Crippen molar-refractivity contribution >= 4 is 5.97 Å². The van der Waals surface area contributed by atoms with Crippen molar-refractivity contribution in [2.75, 3.05) is 0 Å². The van der Waals surface area contributed by atoms with Crippen LogP contribution < -0.4 is 9.47 Å². The average molecular weight is 321 g/mol. The Morgan fingerprint density at radius 2 is 1.62 bits per heavy atom. The van der Waals surface area contributed by atoms with Crippen molar-refractivity contribution in [3.63, 3.8) is 0 Å². The molecule has 2 aromatic carbocycles. The molecule has 1 heterocycles. The number of aromatic carboxylic acids is 1. The monoisotopic (exact) mass is 321 g/mol. The van der Waals surface area contributed by atoms with Crippen LogP contribution in [0.2, 0.25) is 0 Å². The van der Waals surface area contributed by atoms with Crippen LogP contribution in [0.4, 0.5) is 0 Å².